The maximum Gasteiger partial charge on any atom is 0.494 e. The Kier molecular flexibility index (Phi) is 5.84. The molecule has 2 heterocycles. The van der Waals surface area contributed by atoms with E-state index in [1.807, 2.05) is 36.4 Å². The van der Waals surface area contributed by atoms with Crippen LogP contribution in [-0.2, 0) is 9.31 Å². The molecule has 1 aromatic heterocycles. The number of aromatic nitrogens is 2. The molecule has 1 aliphatic heterocycles. The third kappa shape index (κ3) is 4.17. The molecule has 4 aromatic rings. The first-order valence-corrected chi connectivity index (χ1v) is 11.8. The maximum atomic E-state index is 6.35. The van der Waals surface area contributed by atoms with Crippen LogP contribution in [0.4, 0.5) is 0 Å². The highest BCUT2D eigenvalue weighted by atomic mass is 16.7. The van der Waals surface area contributed by atoms with Crippen LogP contribution in [0.1, 0.15) is 34.1 Å². The molecule has 5 rings (SSSR count). The molecule has 0 aliphatic carbocycles. The van der Waals surface area contributed by atoms with Crippen LogP contribution in [0.2, 0.25) is 0 Å². The van der Waals surface area contributed by atoms with Gasteiger partial charge in [-0.1, -0.05) is 91.9 Å². The summed E-state index contributed by atoms with van der Waals surface area (Å²) in [4.78, 5) is 9.82. The minimum atomic E-state index is -0.384. The van der Waals surface area contributed by atoms with E-state index in [2.05, 4.69) is 82.3 Å². The molecule has 1 atom stereocenters. The van der Waals surface area contributed by atoms with E-state index >= 15 is 0 Å². The molecule has 5 heteroatoms. The molecule has 0 spiro atoms. The topological polar surface area (TPSA) is 44.2 Å². The lowest BCUT2D eigenvalue weighted by molar-refractivity contribution is -0.0118. The second-order valence-electron chi connectivity index (χ2n) is 9.48. The molecular weight excluding hydrogens is 419 g/mol. The SMILES string of the molecule is CCC1(C)OB(c2ccc(-c3nc(-c4ccccc4)cc(-c4ccccc4)n3)cc2)OC1(C)C. The quantitative estimate of drug-likeness (QED) is 0.343. The smallest absolute Gasteiger partial charge is 0.399 e. The van der Waals surface area contributed by atoms with Gasteiger partial charge in [0.2, 0.25) is 0 Å². The van der Waals surface area contributed by atoms with Crippen molar-refractivity contribution in [2.75, 3.05) is 0 Å². The average molecular weight is 448 g/mol. The van der Waals surface area contributed by atoms with Crippen molar-refractivity contribution in [3.63, 3.8) is 0 Å². The fourth-order valence-corrected chi connectivity index (χ4v) is 4.32. The zero-order valence-corrected chi connectivity index (χ0v) is 20.2. The lowest BCUT2D eigenvalue weighted by Crippen LogP contribution is -2.44. The van der Waals surface area contributed by atoms with Crippen molar-refractivity contribution in [2.24, 2.45) is 0 Å². The maximum absolute atomic E-state index is 6.35. The van der Waals surface area contributed by atoms with Gasteiger partial charge >= 0.3 is 7.12 Å². The molecule has 1 fully saturated rings. The second-order valence-corrected chi connectivity index (χ2v) is 9.48. The first-order chi connectivity index (χ1) is 16.4. The Morgan fingerprint density at radius 3 is 1.68 bits per heavy atom. The molecule has 1 unspecified atom stereocenters. The van der Waals surface area contributed by atoms with E-state index < -0.39 is 0 Å². The summed E-state index contributed by atoms with van der Waals surface area (Å²) in [6.45, 7) is 8.45. The van der Waals surface area contributed by atoms with Crippen LogP contribution in [0.25, 0.3) is 33.9 Å². The Balaban J connectivity index is 1.51. The number of nitrogens with zero attached hydrogens (tertiary/aromatic N) is 2. The molecule has 0 amide bonds. The third-order valence-corrected chi connectivity index (χ3v) is 7.02. The van der Waals surface area contributed by atoms with E-state index in [0.29, 0.717) is 5.82 Å². The van der Waals surface area contributed by atoms with E-state index in [1.165, 1.54) is 0 Å². The Labute approximate surface area is 202 Å². The van der Waals surface area contributed by atoms with Crippen LogP contribution >= 0.6 is 0 Å². The Hall–Kier alpha value is -3.28. The van der Waals surface area contributed by atoms with Gasteiger partial charge in [-0.05, 0) is 38.7 Å². The Bertz CT molecular complexity index is 1220. The summed E-state index contributed by atoms with van der Waals surface area (Å²) in [5, 5.41) is 0. The fourth-order valence-electron chi connectivity index (χ4n) is 4.32. The number of hydrogen-bond donors (Lipinski definition) is 0. The monoisotopic (exact) mass is 448 g/mol. The van der Waals surface area contributed by atoms with Crippen molar-refractivity contribution < 1.29 is 9.31 Å². The molecule has 1 saturated heterocycles. The molecule has 0 saturated carbocycles. The zero-order chi connectivity index (χ0) is 23.8. The van der Waals surface area contributed by atoms with E-state index in [9.17, 15) is 0 Å². The van der Waals surface area contributed by atoms with Gasteiger partial charge in [0.25, 0.3) is 0 Å². The van der Waals surface area contributed by atoms with Gasteiger partial charge in [0, 0.05) is 16.7 Å². The molecule has 34 heavy (non-hydrogen) atoms. The van der Waals surface area contributed by atoms with Crippen LogP contribution in [0.5, 0.6) is 0 Å². The van der Waals surface area contributed by atoms with Crippen molar-refractivity contribution in [3.05, 3.63) is 91.0 Å². The summed E-state index contributed by atoms with van der Waals surface area (Å²) in [5.74, 6) is 0.693. The first kappa shape index (κ1) is 22.5. The van der Waals surface area contributed by atoms with Crippen LogP contribution in [0.15, 0.2) is 91.0 Å². The van der Waals surface area contributed by atoms with Gasteiger partial charge in [-0.15, -0.1) is 0 Å². The van der Waals surface area contributed by atoms with Gasteiger partial charge in [-0.3, -0.25) is 0 Å². The van der Waals surface area contributed by atoms with Gasteiger partial charge in [0.05, 0.1) is 22.6 Å². The van der Waals surface area contributed by atoms with Gasteiger partial charge in [-0.2, -0.15) is 0 Å². The minimum absolute atomic E-state index is 0.325. The van der Waals surface area contributed by atoms with Crippen LogP contribution in [-0.4, -0.2) is 28.3 Å². The molecular formula is C29H29BN2O2. The summed E-state index contributed by atoms with van der Waals surface area (Å²) in [5.41, 5.74) is 5.19. The van der Waals surface area contributed by atoms with Crippen LogP contribution in [0.3, 0.4) is 0 Å². The summed E-state index contributed by atoms with van der Waals surface area (Å²) >= 11 is 0. The third-order valence-electron chi connectivity index (χ3n) is 7.02. The highest BCUT2D eigenvalue weighted by molar-refractivity contribution is 6.62. The lowest BCUT2D eigenvalue weighted by atomic mass is 9.79. The average Bonchev–Trinajstić information content (AvgIpc) is 3.14. The number of benzene rings is 3. The zero-order valence-electron chi connectivity index (χ0n) is 20.2. The van der Waals surface area contributed by atoms with E-state index in [-0.39, 0.29) is 18.3 Å². The van der Waals surface area contributed by atoms with Crippen molar-refractivity contribution >= 4 is 12.6 Å². The predicted octanol–water partition coefficient (Wildman–Crippen LogP) is 6.17. The normalized spacial score (nSPS) is 19.4. The first-order valence-electron chi connectivity index (χ1n) is 11.8. The predicted molar refractivity (Wildman–Crippen MR) is 139 cm³/mol. The second kappa shape index (κ2) is 8.82. The van der Waals surface area contributed by atoms with E-state index in [4.69, 9.17) is 19.3 Å². The molecule has 4 nitrogen and oxygen atoms in total. The van der Waals surface area contributed by atoms with Crippen LogP contribution in [0, 0.1) is 0 Å². The van der Waals surface area contributed by atoms with Gasteiger partial charge in [-0.25, -0.2) is 9.97 Å². The van der Waals surface area contributed by atoms with Crippen molar-refractivity contribution in [1.29, 1.82) is 0 Å². The number of hydrogen-bond acceptors (Lipinski definition) is 4. The highest BCUT2D eigenvalue weighted by Gasteiger charge is 2.53. The Morgan fingerprint density at radius 2 is 1.21 bits per heavy atom. The molecule has 0 radical (unpaired) electrons. The van der Waals surface area contributed by atoms with Crippen LogP contribution < -0.4 is 5.46 Å². The standard InChI is InChI=1S/C29H29BN2O2/c1-5-29(4)28(2,3)33-30(34-29)24-18-16-23(17-19-24)27-31-25(21-12-8-6-9-13-21)20-26(32-27)22-14-10-7-11-15-22/h6-20H,5H2,1-4H3. The van der Waals surface area contributed by atoms with Crippen molar-refractivity contribution in [2.45, 2.75) is 45.3 Å². The van der Waals surface area contributed by atoms with Crippen molar-refractivity contribution in [1.82, 2.24) is 9.97 Å². The number of rotatable bonds is 5. The summed E-state index contributed by atoms with van der Waals surface area (Å²) < 4.78 is 12.6. The van der Waals surface area contributed by atoms with E-state index in [0.717, 1.165) is 40.0 Å². The molecule has 3 aromatic carbocycles. The largest absolute Gasteiger partial charge is 0.494 e. The molecule has 170 valence electrons. The molecule has 0 N–H and O–H groups in total. The minimum Gasteiger partial charge on any atom is -0.399 e. The summed E-state index contributed by atoms with van der Waals surface area (Å²) in [6.07, 6.45) is 0.886. The van der Waals surface area contributed by atoms with Gasteiger partial charge in [0.15, 0.2) is 5.82 Å². The molecule has 0 bridgehead atoms. The van der Waals surface area contributed by atoms with Gasteiger partial charge < -0.3 is 9.31 Å². The highest BCUT2D eigenvalue weighted by Crippen LogP contribution is 2.39. The fraction of sp³-hybridized carbons (Fsp3) is 0.241. The van der Waals surface area contributed by atoms with Gasteiger partial charge in [0.1, 0.15) is 0 Å². The molecule has 1 aliphatic rings. The summed E-state index contributed by atoms with van der Waals surface area (Å²) in [6, 6.07) is 30.7. The Morgan fingerprint density at radius 1 is 0.676 bits per heavy atom. The lowest BCUT2D eigenvalue weighted by Gasteiger charge is -2.35. The van der Waals surface area contributed by atoms with Crippen molar-refractivity contribution in [3.8, 4) is 33.9 Å². The van der Waals surface area contributed by atoms with E-state index in [1.54, 1.807) is 0 Å². The summed E-state index contributed by atoms with van der Waals surface area (Å²) in [7, 11) is -0.384.